The number of hydrogen-bond donors (Lipinski definition) is 0. The number of likely N-dealkylation sites (tertiary alicyclic amines) is 1. The van der Waals surface area contributed by atoms with E-state index in [1.165, 1.54) is 0 Å². The molecule has 3 amide bonds. The molecule has 3 aromatic rings. The first-order chi connectivity index (χ1) is 15.0. The summed E-state index contributed by atoms with van der Waals surface area (Å²) in [4.78, 5) is 30.6. The standard InChI is InChI=1S/C21H25N7O3/c1-24-8-9-27(21(24)30)16-11-22-28(13-16)15-6-7-26(12-15)19(29)14-4-5-17-18(10-14)23-25(2)20(17)31-3/h4-5,10-11,13,15H,6-9,12H2,1-3H3. The third-order valence-electron chi connectivity index (χ3n) is 6.16. The minimum Gasteiger partial charge on any atom is -0.481 e. The van der Waals surface area contributed by atoms with Crippen LogP contribution in [0.25, 0.3) is 10.9 Å². The van der Waals surface area contributed by atoms with Gasteiger partial charge in [0.1, 0.15) is 0 Å². The third kappa shape index (κ3) is 3.18. The van der Waals surface area contributed by atoms with Crippen molar-refractivity contribution in [3.05, 3.63) is 36.2 Å². The van der Waals surface area contributed by atoms with Gasteiger partial charge in [0.2, 0.25) is 5.88 Å². The number of amides is 3. The van der Waals surface area contributed by atoms with Crippen LogP contribution < -0.4 is 9.64 Å². The Bertz CT molecular complexity index is 1170. The Morgan fingerprint density at radius 2 is 2.03 bits per heavy atom. The molecule has 0 N–H and O–H groups in total. The molecule has 1 aromatic carbocycles. The molecule has 2 saturated heterocycles. The SMILES string of the molecule is COc1c2ccc(C(=O)N3CCC(n4cc(N5CCN(C)C5=O)cn4)C3)cc2nn1C. The highest BCUT2D eigenvalue weighted by atomic mass is 16.5. The smallest absolute Gasteiger partial charge is 0.324 e. The largest absolute Gasteiger partial charge is 0.481 e. The predicted molar refractivity (Wildman–Crippen MR) is 114 cm³/mol. The van der Waals surface area contributed by atoms with Gasteiger partial charge in [-0.1, -0.05) is 0 Å². The number of methoxy groups -OCH3 is 1. The van der Waals surface area contributed by atoms with E-state index in [9.17, 15) is 9.59 Å². The fourth-order valence-corrected chi connectivity index (χ4v) is 4.43. The molecule has 2 fully saturated rings. The van der Waals surface area contributed by atoms with E-state index in [4.69, 9.17) is 4.74 Å². The van der Waals surface area contributed by atoms with E-state index >= 15 is 0 Å². The molecular weight excluding hydrogens is 398 g/mol. The number of hydrogen-bond acceptors (Lipinski definition) is 5. The first kappa shape index (κ1) is 19.4. The van der Waals surface area contributed by atoms with Crippen molar-refractivity contribution in [1.29, 1.82) is 0 Å². The maximum absolute atomic E-state index is 13.1. The number of urea groups is 1. The lowest BCUT2D eigenvalue weighted by molar-refractivity contribution is 0.0787. The second-order valence-corrected chi connectivity index (χ2v) is 8.09. The number of carbonyl (C=O) groups excluding carboxylic acids is 2. The van der Waals surface area contributed by atoms with E-state index in [0.717, 1.165) is 23.0 Å². The van der Waals surface area contributed by atoms with Crippen molar-refractivity contribution in [2.75, 3.05) is 45.2 Å². The van der Waals surface area contributed by atoms with Gasteiger partial charge in [0.05, 0.1) is 35.9 Å². The summed E-state index contributed by atoms with van der Waals surface area (Å²) in [6.45, 7) is 2.62. The molecule has 0 radical (unpaired) electrons. The van der Waals surface area contributed by atoms with Crippen molar-refractivity contribution in [3.63, 3.8) is 0 Å². The van der Waals surface area contributed by atoms with E-state index in [-0.39, 0.29) is 18.0 Å². The van der Waals surface area contributed by atoms with Gasteiger partial charge in [-0.15, -0.1) is 0 Å². The Labute approximate surface area is 179 Å². The maximum Gasteiger partial charge on any atom is 0.324 e. The van der Waals surface area contributed by atoms with Crippen molar-refractivity contribution in [3.8, 4) is 5.88 Å². The van der Waals surface area contributed by atoms with Crippen LogP contribution >= 0.6 is 0 Å². The van der Waals surface area contributed by atoms with Crippen LogP contribution in [0.4, 0.5) is 10.5 Å². The summed E-state index contributed by atoms with van der Waals surface area (Å²) >= 11 is 0. The van der Waals surface area contributed by atoms with Crippen LogP contribution in [0.1, 0.15) is 22.8 Å². The highest BCUT2D eigenvalue weighted by Crippen LogP contribution is 2.28. The molecule has 5 rings (SSSR count). The number of aryl methyl sites for hydroxylation is 1. The molecule has 2 aromatic heterocycles. The van der Waals surface area contributed by atoms with Crippen molar-refractivity contribution < 1.29 is 14.3 Å². The number of ether oxygens (including phenoxy) is 1. The van der Waals surface area contributed by atoms with Crippen molar-refractivity contribution in [1.82, 2.24) is 29.4 Å². The van der Waals surface area contributed by atoms with Crippen LogP contribution in [0.2, 0.25) is 0 Å². The average Bonchev–Trinajstić information content (AvgIpc) is 3.53. The van der Waals surface area contributed by atoms with E-state index in [1.54, 1.807) is 34.8 Å². The molecule has 2 aliphatic heterocycles. The molecule has 2 aliphatic rings. The quantitative estimate of drug-likeness (QED) is 0.638. The van der Waals surface area contributed by atoms with Crippen LogP contribution in [0.15, 0.2) is 30.6 Å². The fourth-order valence-electron chi connectivity index (χ4n) is 4.43. The van der Waals surface area contributed by atoms with Crippen molar-refractivity contribution in [2.24, 2.45) is 7.05 Å². The van der Waals surface area contributed by atoms with Gasteiger partial charge in [0, 0.05) is 52.0 Å². The number of anilines is 1. The Balaban J connectivity index is 1.30. The molecule has 4 heterocycles. The van der Waals surface area contributed by atoms with E-state index in [1.807, 2.05) is 41.0 Å². The monoisotopic (exact) mass is 423 g/mol. The number of nitrogens with zero attached hydrogens (tertiary/aromatic N) is 7. The summed E-state index contributed by atoms with van der Waals surface area (Å²) in [7, 11) is 5.22. The lowest BCUT2D eigenvalue weighted by atomic mass is 10.1. The van der Waals surface area contributed by atoms with Gasteiger partial charge >= 0.3 is 6.03 Å². The van der Waals surface area contributed by atoms with E-state index < -0.39 is 0 Å². The molecule has 0 saturated carbocycles. The van der Waals surface area contributed by atoms with Gasteiger partial charge in [0.25, 0.3) is 5.91 Å². The molecule has 1 unspecified atom stereocenters. The van der Waals surface area contributed by atoms with E-state index in [2.05, 4.69) is 10.2 Å². The van der Waals surface area contributed by atoms with Gasteiger partial charge in [-0.25, -0.2) is 9.48 Å². The Morgan fingerprint density at radius 1 is 1.19 bits per heavy atom. The summed E-state index contributed by atoms with van der Waals surface area (Å²) < 4.78 is 8.93. The second kappa shape index (κ2) is 7.29. The van der Waals surface area contributed by atoms with Crippen molar-refractivity contribution >= 4 is 28.5 Å². The highest BCUT2D eigenvalue weighted by molar-refractivity contribution is 5.99. The maximum atomic E-state index is 13.1. The summed E-state index contributed by atoms with van der Waals surface area (Å²) in [6.07, 6.45) is 4.45. The molecule has 0 aliphatic carbocycles. The third-order valence-corrected chi connectivity index (χ3v) is 6.16. The minimum absolute atomic E-state index is 0.00989. The number of likely N-dealkylation sites (N-methyl/N-ethyl adjacent to an activating group) is 1. The van der Waals surface area contributed by atoms with Crippen molar-refractivity contribution in [2.45, 2.75) is 12.5 Å². The van der Waals surface area contributed by atoms with E-state index in [0.29, 0.717) is 37.6 Å². The molecule has 162 valence electrons. The topological polar surface area (TPSA) is 88.7 Å². The average molecular weight is 423 g/mol. The van der Waals surface area contributed by atoms with Crippen LogP contribution in [-0.2, 0) is 7.05 Å². The molecule has 10 nitrogen and oxygen atoms in total. The van der Waals surface area contributed by atoms with Crippen LogP contribution in [0.5, 0.6) is 5.88 Å². The summed E-state index contributed by atoms with van der Waals surface area (Å²) in [5.41, 5.74) is 2.15. The molecule has 0 bridgehead atoms. The molecule has 31 heavy (non-hydrogen) atoms. The first-order valence-corrected chi connectivity index (χ1v) is 10.3. The zero-order valence-electron chi connectivity index (χ0n) is 17.9. The number of rotatable bonds is 4. The first-order valence-electron chi connectivity index (χ1n) is 10.3. The summed E-state index contributed by atoms with van der Waals surface area (Å²) in [5.74, 6) is 0.658. The molecule has 0 spiro atoms. The van der Waals surface area contributed by atoms with Crippen LogP contribution in [0.3, 0.4) is 0 Å². The van der Waals surface area contributed by atoms with Gasteiger partial charge in [-0.2, -0.15) is 10.2 Å². The second-order valence-electron chi connectivity index (χ2n) is 8.09. The predicted octanol–water partition coefficient (Wildman–Crippen LogP) is 1.74. The van der Waals surface area contributed by atoms with Gasteiger partial charge in [-0.3, -0.25) is 14.4 Å². The molecular formula is C21H25N7O3. The summed E-state index contributed by atoms with van der Waals surface area (Å²) in [5, 5.41) is 9.79. The Kier molecular flexibility index (Phi) is 4.57. The number of fused-ring (bicyclic) bond motifs is 1. The van der Waals surface area contributed by atoms with Gasteiger partial charge < -0.3 is 14.5 Å². The van der Waals surface area contributed by atoms with Crippen LogP contribution in [-0.4, -0.2) is 81.6 Å². The zero-order valence-corrected chi connectivity index (χ0v) is 17.9. The Hall–Kier alpha value is -3.56. The lowest BCUT2D eigenvalue weighted by Crippen LogP contribution is -2.29. The van der Waals surface area contributed by atoms with Gasteiger partial charge in [-0.05, 0) is 24.6 Å². The lowest BCUT2D eigenvalue weighted by Gasteiger charge is -2.17. The highest BCUT2D eigenvalue weighted by Gasteiger charge is 2.31. The number of carbonyl (C=O) groups is 2. The summed E-state index contributed by atoms with van der Waals surface area (Å²) in [6, 6.07) is 5.60. The number of benzene rings is 1. The number of aromatic nitrogens is 4. The zero-order chi connectivity index (χ0) is 21.7. The fraction of sp³-hybridized carbons (Fsp3) is 0.429. The van der Waals surface area contributed by atoms with Gasteiger partial charge in [0.15, 0.2) is 0 Å². The molecule has 10 heteroatoms. The minimum atomic E-state index is -0.0160. The Morgan fingerprint density at radius 3 is 2.77 bits per heavy atom. The molecule has 1 atom stereocenters. The van der Waals surface area contributed by atoms with Crippen LogP contribution in [0, 0.1) is 0 Å². The normalized spacial score (nSPS) is 19.1.